The van der Waals surface area contributed by atoms with E-state index in [1.165, 1.54) is 6.42 Å². The molecule has 0 heterocycles. The second kappa shape index (κ2) is 9.66. The second-order valence-corrected chi connectivity index (χ2v) is 5.47. The molecule has 0 spiro atoms. The Morgan fingerprint density at radius 2 is 1.95 bits per heavy atom. The predicted octanol–water partition coefficient (Wildman–Crippen LogP) is 0.682. The van der Waals surface area contributed by atoms with Crippen molar-refractivity contribution in [3.63, 3.8) is 0 Å². The van der Waals surface area contributed by atoms with Gasteiger partial charge in [0, 0.05) is 19.7 Å². The number of nitrogens with one attached hydrogen (secondary N) is 1. The molecular formula is C14H29NO4. The Balaban J connectivity index is 2.15. The highest BCUT2D eigenvalue weighted by Gasteiger charge is 2.21. The molecule has 3 N–H and O–H groups in total. The zero-order valence-electron chi connectivity index (χ0n) is 12.2. The maximum atomic E-state index is 9.96. The number of rotatable bonds is 8. The molecule has 1 fully saturated rings. The average Bonchev–Trinajstić information content (AvgIpc) is 2.59. The third kappa shape index (κ3) is 7.22. The molecule has 4 atom stereocenters. The molecule has 1 rings (SSSR count). The number of aliphatic hydroxyl groups is 2. The Morgan fingerprint density at radius 3 is 2.68 bits per heavy atom. The van der Waals surface area contributed by atoms with E-state index >= 15 is 0 Å². The van der Waals surface area contributed by atoms with Gasteiger partial charge >= 0.3 is 0 Å². The van der Waals surface area contributed by atoms with E-state index in [9.17, 15) is 10.2 Å². The Kier molecular flexibility index (Phi) is 8.57. The standard InChI is InChI=1S/C14H29NO4/c1-11(9-18-2)19-10-12(16)8-15-13-6-4-3-5-7-14(13)17/h11-17H,3-10H2,1-2H3. The van der Waals surface area contributed by atoms with Crippen molar-refractivity contribution >= 4 is 0 Å². The fraction of sp³-hybridized carbons (Fsp3) is 1.00. The van der Waals surface area contributed by atoms with Crippen LogP contribution in [0.15, 0.2) is 0 Å². The third-order valence-electron chi connectivity index (χ3n) is 3.57. The molecule has 0 aromatic heterocycles. The van der Waals surface area contributed by atoms with Gasteiger partial charge in [0.15, 0.2) is 0 Å². The highest BCUT2D eigenvalue weighted by Crippen LogP contribution is 2.17. The number of methoxy groups -OCH3 is 1. The molecule has 0 amide bonds. The average molecular weight is 275 g/mol. The van der Waals surface area contributed by atoms with Crippen molar-refractivity contribution in [3.05, 3.63) is 0 Å². The Bertz CT molecular complexity index is 227. The maximum absolute atomic E-state index is 9.96. The van der Waals surface area contributed by atoms with Crippen LogP contribution in [0.25, 0.3) is 0 Å². The van der Waals surface area contributed by atoms with Crippen LogP contribution in [0.4, 0.5) is 0 Å². The first-order chi connectivity index (χ1) is 9.13. The monoisotopic (exact) mass is 275 g/mol. The van der Waals surface area contributed by atoms with Crippen LogP contribution in [0.2, 0.25) is 0 Å². The van der Waals surface area contributed by atoms with Gasteiger partial charge in [-0.05, 0) is 19.8 Å². The van der Waals surface area contributed by atoms with Gasteiger partial charge in [-0.1, -0.05) is 19.3 Å². The van der Waals surface area contributed by atoms with Gasteiger partial charge in [0.2, 0.25) is 0 Å². The smallest absolute Gasteiger partial charge is 0.0897 e. The Labute approximate surface area is 116 Å². The van der Waals surface area contributed by atoms with Crippen LogP contribution in [0.1, 0.15) is 39.0 Å². The van der Waals surface area contributed by atoms with Gasteiger partial charge in [0.1, 0.15) is 0 Å². The largest absolute Gasteiger partial charge is 0.392 e. The molecule has 0 aromatic carbocycles. The van der Waals surface area contributed by atoms with Gasteiger partial charge < -0.3 is 25.0 Å². The molecule has 1 aliphatic rings. The van der Waals surface area contributed by atoms with E-state index < -0.39 is 6.10 Å². The highest BCUT2D eigenvalue weighted by atomic mass is 16.5. The number of hydrogen-bond donors (Lipinski definition) is 3. The molecule has 5 nitrogen and oxygen atoms in total. The Morgan fingerprint density at radius 1 is 1.21 bits per heavy atom. The van der Waals surface area contributed by atoms with Crippen molar-refractivity contribution in [2.24, 2.45) is 0 Å². The fourth-order valence-corrected chi connectivity index (χ4v) is 2.43. The van der Waals surface area contributed by atoms with E-state index in [-0.39, 0.29) is 18.2 Å². The molecular weight excluding hydrogens is 246 g/mol. The summed E-state index contributed by atoms with van der Waals surface area (Å²) in [4.78, 5) is 0. The van der Waals surface area contributed by atoms with Crippen molar-refractivity contribution in [2.75, 3.05) is 26.9 Å². The van der Waals surface area contributed by atoms with Crippen molar-refractivity contribution in [1.82, 2.24) is 5.32 Å². The first-order valence-electron chi connectivity index (χ1n) is 7.33. The van der Waals surface area contributed by atoms with Crippen molar-refractivity contribution in [3.8, 4) is 0 Å². The lowest BCUT2D eigenvalue weighted by atomic mass is 10.1. The van der Waals surface area contributed by atoms with E-state index in [0.717, 1.165) is 25.7 Å². The van der Waals surface area contributed by atoms with E-state index in [0.29, 0.717) is 19.8 Å². The normalized spacial score (nSPS) is 27.8. The topological polar surface area (TPSA) is 71.0 Å². The van der Waals surface area contributed by atoms with E-state index in [1.54, 1.807) is 7.11 Å². The lowest BCUT2D eigenvalue weighted by Crippen LogP contribution is -2.44. The fourth-order valence-electron chi connectivity index (χ4n) is 2.43. The lowest BCUT2D eigenvalue weighted by molar-refractivity contribution is -0.0327. The summed E-state index contributed by atoms with van der Waals surface area (Å²) in [6.45, 7) is 3.20. The highest BCUT2D eigenvalue weighted by molar-refractivity contribution is 4.79. The molecule has 1 saturated carbocycles. The lowest BCUT2D eigenvalue weighted by Gasteiger charge is -2.24. The van der Waals surface area contributed by atoms with Gasteiger partial charge in [-0.25, -0.2) is 0 Å². The maximum Gasteiger partial charge on any atom is 0.0897 e. The van der Waals surface area contributed by atoms with Crippen LogP contribution in [0, 0.1) is 0 Å². The quantitative estimate of drug-likeness (QED) is 0.568. The third-order valence-corrected chi connectivity index (χ3v) is 3.57. The molecule has 1 aliphatic carbocycles. The summed E-state index contributed by atoms with van der Waals surface area (Å²) in [7, 11) is 1.63. The summed E-state index contributed by atoms with van der Waals surface area (Å²) in [5.41, 5.74) is 0. The number of hydrogen-bond acceptors (Lipinski definition) is 5. The van der Waals surface area contributed by atoms with E-state index in [2.05, 4.69) is 5.32 Å². The molecule has 114 valence electrons. The zero-order valence-corrected chi connectivity index (χ0v) is 12.2. The first-order valence-corrected chi connectivity index (χ1v) is 7.33. The van der Waals surface area contributed by atoms with Crippen molar-refractivity contribution < 1.29 is 19.7 Å². The Hall–Kier alpha value is -0.200. The number of aliphatic hydroxyl groups excluding tert-OH is 2. The van der Waals surface area contributed by atoms with Crippen LogP contribution >= 0.6 is 0 Å². The van der Waals surface area contributed by atoms with Crippen LogP contribution in [0.5, 0.6) is 0 Å². The van der Waals surface area contributed by atoms with Gasteiger partial charge in [0.25, 0.3) is 0 Å². The minimum atomic E-state index is -0.547. The van der Waals surface area contributed by atoms with Crippen LogP contribution in [-0.2, 0) is 9.47 Å². The van der Waals surface area contributed by atoms with Crippen LogP contribution in [0.3, 0.4) is 0 Å². The molecule has 4 unspecified atom stereocenters. The van der Waals surface area contributed by atoms with Crippen LogP contribution in [-0.4, -0.2) is 61.4 Å². The van der Waals surface area contributed by atoms with Crippen LogP contribution < -0.4 is 5.32 Å². The first kappa shape index (κ1) is 16.9. The summed E-state index contributed by atoms with van der Waals surface area (Å²) in [5, 5.41) is 23.1. The molecule has 0 aromatic rings. The minimum absolute atomic E-state index is 0.0110. The molecule has 5 heteroatoms. The van der Waals surface area contributed by atoms with Crippen molar-refractivity contribution in [2.45, 2.75) is 63.4 Å². The summed E-state index contributed by atoms with van der Waals surface area (Å²) >= 11 is 0. The van der Waals surface area contributed by atoms with E-state index in [1.807, 2.05) is 6.92 Å². The summed E-state index contributed by atoms with van der Waals surface area (Å²) in [6.07, 6.45) is 4.42. The minimum Gasteiger partial charge on any atom is -0.392 e. The second-order valence-electron chi connectivity index (χ2n) is 5.47. The molecule has 0 radical (unpaired) electrons. The zero-order chi connectivity index (χ0) is 14.1. The number of ether oxygens (including phenoxy) is 2. The van der Waals surface area contributed by atoms with Crippen molar-refractivity contribution in [1.29, 1.82) is 0 Å². The van der Waals surface area contributed by atoms with Gasteiger partial charge in [-0.2, -0.15) is 0 Å². The molecule has 0 saturated heterocycles. The summed E-state index contributed by atoms with van der Waals surface area (Å²) < 4.78 is 10.4. The SMILES string of the molecule is COCC(C)OCC(O)CNC1CCCCCC1O. The summed E-state index contributed by atoms with van der Waals surface area (Å²) in [5.74, 6) is 0. The molecule has 19 heavy (non-hydrogen) atoms. The van der Waals surface area contributed by atoms with Gasteiger partial charge in [0.05, 0.1) is 31.5 Å². The summed E-state index contributed by atoms with van der Waals surface area (Å²) in [6, 6.07) is 0.105. The predicted molar refractivity (Wildman–Crippen MR) is 74.2 cm³/mol. The van der Waals surface area contributed by atoms with Gasteiger partial charge in [-0.3, -0.25) is 0 Å². The van der Waals surface area contributed by atoms with E-state index in [4.69, 9.17) is 9.47 Å². The molecule has 0 aliphatic heterocycles. The molecule has 0 bridgehead atoms. The van der Waals surface area contributed by atoms with Gasteiger partial charge in [-0.15, -0.1) is 0 Å².